The quantitative estimate of drug-likeness (QED) is 0.778. The van der Waals surface area contributed by atoms with Crippen molar-refractivity contribution in [3.63, 3.8) is 0 Å². The highest BCUT2D eigenvalue weighted by Gasteiger charge is 2.09. The number of fused-ring (bicyclic) bond motifs is 1. The standard InChI is InChI=1S/C14H13N3OS/c1-9-7-16-13(19-9)8-17-12(15)6-10-4-2-3-5-11(10)14(17)18/h2-7H,8,15H2,1H3. The fourth-order valence-corrected chi connectivity index (χ4v) is 2.87. The Bertz CT molecular complexity index is 804. The van der Waals surface area contributed by atoms with E-state index < -0.39 is 0 Å². The number of anilines is 1. The van der Waals surface area contributed by atoms with E-state index in [2.05, 4.69) is 4.98 Å². The predicted molar refractivity (Wildman–Crippen MR) is 78.6 cm³/mol. The molecule has 0 saturated heterocycles. The van der Waals surface area contributed by atoms with E-state index in [1.165, 1.54) is 0 Å². The predicted octanol–water partition coefficient (Wildman–Crippen LogP) is 2.40. The first-order chi connectivity index (χ1) is 9.15. The molecule has 3 rings (SSSR count). The molecule has 0 aliphatic carbocycles. The zero-order valence-corrected chi connectivity index (χ0v) is 11.3. The molecule has 0 amide bonds. The number of thiazole rings is 1. The van der Waals surface area contributed by atoms with E-state index in [-0.39, 0.29) is 5.56 Å². The molecule has 5 heteroatoms. The third-order valence-corrected chi connectivity index (χ3v) is 3.91. The van der Waals surface area contributed by atoms with Crippen molar-refractivity contribution in [3.8, 4) is 0 Å². The molecule has 2 heterocycles. The van der Waals surface area contributed by atoms with Gasteiger partial charge in [-0.1, -0.05) is 18.2 Å². The molecule has 0 unspecified atom stereocenters. The number of pyridine rings is 1. The first-order valence-electron chi connectivity index (χ1n) is 5.94. The van der Waals surface area contributed by atoms with E-state index in [0.717, 1.165) is 15.3 Å². The molecule has 0 fully saturated rings. The Morgan fingerprint density at radius 1 is 1.37 bits per heavy atom. The summed E-state index contributed by atoms with van der Waals surface area (Å²) in [6.07, 6.45) is 1.81. The molecule has 96 valence electrons. The second-order valence-corrected chi connectivity index (χ2v) is 5.73. The highest BCUT2D eigenvalue weighted by Crippen LogP contribution is 2.17. The van der Waals surface area contributed by atoms with Gasteiger partial charge in [0.1, 0.15) is 10.8 Å². The molecule has 0 spiro atoms. The Hall–Kier alpha value is -2.14. The number of hydrogen-bond acceptors (Lipinski definition) is 4. The van der Waals surface area contributed by atoms with Crippen molar-refractivity contribution < 1.29 is 0 Å². The number of aromatic nitrogens is 2. The number of nitrogens with two attached hydrogens (primary N) is 1. The van der Waals surface area contributed by atoms with E-state index in [9.17, 15) is 4.79 Å². The monoisotopic (exact) mass is 271 g/mol. The van der Waals surface area contributed by atoms with Gasteiger partial charge in [-0.2, -0.15) is 0 Å². The first-order valence-corrected chi connectivity index (χ1v) is 6.76. The number of benzene rings is 1. The van der Waals surface area contributed by atoms with Crippen LogP contribution in [0.15, 0.2) is 41.3 Å². The molecule has 1 aromatic carbocycles. The highest BCUT2D eigenvalue weighted by atomic mass is 32.1. The van der Waals surface area contributed by atoms with Gasteiger partial charge in [0, 0.05) is 16.5 Å². The summed E-state index contributed by atoms with van der Waals surface area (Å²) < 4.78 is 1.57. The number of hydrogen-bond donors (Lipinski definition) is 1. The lowest BCUT2D eigenvalue weighted by molar-refractivity contribution is 0.774. The van der Waals surface area contributed by atoms with Gasteiger partial charge in [-0.3, -0.25) is 9.36 Å². The van der Waals surface area contributed by atoms with E-state index in [1.54, 1.807) is 15.9 Å². The fraction of sp³-hybridized carbons (Fsp3) is 0.143. The van der Waals surface area contributed by atoms with Gasteiger partial charge >= 0.3 is 0 Å². The van der Waals surface area contributed by atoms with Gasteiger partial charge in [0.15, 0.2) is 0 Å². The summed E-state index contributed by atoms with van der Waals surface area (Å²) >= 11 is 1.58. The second-order valence-electron chi connectivity index (χ2n) is 4.41. The SMILES string of the molecule is Cc1cnc(Cn2c(N)cc3ccccc3c2=O)s1. The van der Waals surface area contributed by atoms with Crippen LogP contribution in [0.2, 0.25) is 0 Å². The molecule has 3 aromatic rings. The third kappa shape index (κ3) is 2.13. The molecule has 0 atom stereocenters. The van der Waals surface area contributed by atoms with E-state index in [1.807, 2.05) is 43.5 Å². The molecule has 2 aromatic heterocycles. The minimum atomic E-state index is -0.0662. The van der Waals surface area contributed by atoms with Gasteiger partial charge in [0.25, 0.3) is 5.56 Å². The van der Waals surface area contributed by atoms with Crippen LogP contribution in [0.4, 0.5) is 5.82 Å². The normalized spacial score (nSPS) is 11.0. The molecule has 0 bridgehead atoms. The van der Waals surface area contributed by atoms with Gasteiger partial charge in [-0.15, -0.1) is 11.3 Å². The average molecular weight is 271 g/mol. The number of nitrogen functional groups attached to an aromatic ring is 1. The van der Waals surface area contributed by atoms with Crippen LogP contribution in [0, 0.1) is 6.92 Å². The van der Waals surface area contributed by atoms with Crippen molar-refractivity contribution in [3.05, 3.63) is 56.8 Å². The van der Waals surface area contributed by atoms with Gasteiger partial charge in [0.05, 0.1) is 6.54 Å². The summed E-state index contributed by atoms with van der Waals surface area (Å²) in [5, 5.41) is 2.45. The Kier molecular flexibility index (Phi) is 2.83. The first kappa shape index (κ1) is 11.9. The van der Waals surface area contributed by atoms with Crippen molar-refractivity contribution in [2.24, 2.45) is 0 Å². The van der Waals surface area contributed by atoms with Crippen LogP contribution < -0.4 is 11.3 Å². The summed E-state index contributed by atoms with van der Waals surface area (Å²) in [5.41, 5.74) is 5.92. The Morgan fingerprint density at radius 3 is 2.89 bits per heavy atom. The van der Waals surface area contributed by atoms with Crippen LogP contribution in [-0.2, 0) is 6.54 Å². The average Bonchev–Trinajstić information content (AvgIpc) is 2.80. The van der Waals surface area contributed by atoms with Crippen molar-refractivity contribution in [1.29, 1.82) is 0 Å². The molecular weight excluding hydrogens is 258 g/mol. The van der Waals surface area contributed by atoms with Crippen molar-refractivity contribution in [2.45, 2.75) is 13.5 Å². The highest BCUT2D eigenvalue weighted by molar-refractivity contribution is 7.11. The topological polar surface area (TPSA) is 60.9 Å². The molecule has 4 nitrogen and oxygen atoms in total. The second kappa shape index (κ2) is 4.51. The van der Waals surface area contributed by atoms with Crippen LogP contribution in [0.5, 0.6) is 0 Å². The van der Waals surface area contributed by atoms with Crippen molar-refractivity contribution in [1.82, 2.24) is 9.55 Å². The number of nitrogens with zero attached hydrogens (tertiary/aromatic N) is 2. The zero-order chi connectivity index (χ0) is 13.4. The van der Waals surface area contributed by atoms with Crippen molar-refractivity contribution in [2.75, 3.05) is 5.73 Å². The summed E-state index contributed by atoms with van der Waals surface area (Å²) in [4.78, 5) is 17.8. The number of rotatable bonds is 2. The maximum absolute atomic E-state index is 12.4. The lowest BCUT2D eigenvalue weighted by atomic mass is 10.1. The Morgan fingerprint density at radius 2 is 2.16 bits per heavy atom. The van der Waals surface area contributed by atoms with Gasteiger partial charge in [0.2, 0.25) is 0 Å². The number of aryl methyl sites for hydroxylation is 1. The fourth-order valence-electron chi connectivity index (χ4n) is 2.09. The third-order valence-electron chi connectivity index (χ3n) is 3.01. The van der Waals surface area contributed by atoms with E-state index >= 15 is 0 Å². The smallest absolute Gasteiger partial charge is 0.260 e. The van der Waals surface area contributed by atoms with Crippen molar-refractivity contribution >= 4 is 27.9 Å². The Balaban J connectivity index is 2.15. The zero-order valence-electron chi connectivity index (χ0n) is 10.5. The van der Waals surface area contributed by atoms with Crippen LogP contribution >= 0.6 is 11.3 Å². The molecular formula is C14H13N3OS. The molecule has 0 radical (unpaired) electrons. The van der Waals surface area contributed by atoms with Gasteiger partial charge in [-0.05, 0) is 24.4 Å². The van der Waals surface area contributed by atoms with E-state index in [4.69, 9.17) is 5.73 Å². The maximum atomic E-state index is 12.4. The summed E-state index contributed by atoms with van der Waals surface area (Å²) in [6.45, 7) is 2.42. The van der Waals surface area contributed by atoms with Crippen LogP contribution in [-0.4, -0.2) is 9.55 Å². The molecule has 0 aliphatic heterocycles. The maximum Gasteiger partial charge on any atom is 0.260 e. The summed E-state index contributed by atoms with van der Waals surface area (Å²) in [7, 11) is 0. The lowest BCUT2D eigenvalue weighted by Gasteiger charge is -2.09. The minimum Gasteiger partial charge on any atom is -0.385 e. The van der Waals surface area contributed by atoms with E-state index in [0.29, 0.717) is 17.7 Å². The Labute approximate surface area is 114 Å². The largest absolute Gasteiger partial charge is 0.385 e. The van der Waals surface area contributed by atoms with Crippen LogP contribution in [0.3, 0.4) is 0 Å². The lowest BCUT2D eigenvalue weighted by Crippen LogP contribution is -2.23. The minimum absolute atomic E-state index is 0.0662. The molecule has 0 aliphatic rings. The van der Waals surface area contributed by atoms with Crippen LogP contribution in [0.25, 0.3) is 10.8 Å². The molecule has 2 N–H and O–H groups in total. The molecule has 19 heavy (non-hydrogen) atoms. The summed E-state index contributed by atoms with van der Waals surface area (Å²) in [5.74, 6) is 0.469. The van der Waals surface area contributed by atoms with Crippen LogP contribution in [0.1, 0.15) is 9.88 Å². The van der Waals surface area contributed by atoms with Gasteiger partial charge < -0.3 is 5.73 Å². The summed E-state index contributed by atoms with van der Waals surface area (Å²) in [6, 6.07) is 9.30. The molecule has 0 saturated carbocycles. The van der Waals surface area contributed by atoms with Gasteiger partial charge in [-0.25, -0.2) is 4.98 Å².